The van der Waals surface area contributed by atoms with Gasteiger partial charge in [0.1, 0.15) is 41.2 Å². The number of nitrogens with zero attached hydrogens (tertiary/aromatic N) is 7. The van der Waals surface area contributed by atoms with E-state index in [-0.39, 0.29) is 58.0 Å². The van der Waals surface area contributed by atoms with Gasteiger partial charge in [0.25, 0.3) is 0 Å². The lowest BCUT2D eigenvalue weighted by Crippen LogP contribution is -2.54. The van der Waals surface area contributed by atoms with Crippen LogP contribution in [0.15, 0.2) is 30.5 Å². The van der Waals surface area contributed by atoms with Crippen molar-refractivity contribution in [2.75, 3.05) is 44.2 Å². The molecule has 5 aromatic rings. The molecule has 12 heteroatoms. The van der Waals surface area contributed by atoms with E-state index in [4.69, 9.17) is 26.2 Å². The van der Waals surface area contributed by atoms with Gasteiger partial charge in [-0.1, -0.05) is 18.9 Å². The summed E-state index contributed by atoms with van der Waals surface area (Å²) in [6, 6.07) is 5.97. The van der Waals surface area contributed by atoms with Crippen molar-refractivity contribution in [3.8, 4) is 35.2 Å². The topological polar surface area (TPSA) is 82.8 Å². The van der Waals surface area contributed by atoms with Crippen LogP contribution >= 0.6 is 0 Å². The van der Waals surface area contributed by atoms with Crippen molar-refractivity contribution in [2.24, 2.45) is 7.05 Å². The lowest BCUT2D eigenvalue weighted by atomic mass is 9.91. The fourth-order valence-corrected chi connectivity index (χ4v) is 9.42. The number of benzene rings is 3. The Hall–Kier alpha value is -4.60. The Morgan fingerprint density at radius 1 is 1.08 bits per heavy atom. The summed E-state index contributed by atoms with van der Waals surface area (Å²) in [6.07, 6.45) is 10.8. The Morgan fingerprint density at radius 2 is 1.88 bits per heavy atom. The molecule has 4 saturated heterocycles. The standard InChI is InChI=1S/C38H38F3N7O2/c1-4-26-29(40)10-7-21-13-25(49)14-27(30(21)26)31-33(41)35-32(28-19-45(3)44-34(28)31)36(48-23-8-9-24(48)18-46(5-2)17-23)43-37(42-35)50-20-38-11-6-12-47(38)16-22(39)15-38/h1,7,10,13-14,19,22-24,49H,5-6,8-9,11-12,15-18,20H2,2-3H3/t22-,23-,24+,38+/m1/s1. The quantitative estimate of drug-likeness (QED) is 0.221. The van der Waals surface area contributed by atoms with Gasteiger partial charge >= 0.3 is 6.01 Å². The van der Waals surface area contributed by atoms with Crippen molar-refractivity contribution in [2.45, 2.75) is 62.8 Å². The first-order valence-corrected chi connectivity index (χ1v) is 17.5. The van der Waals surface area contributed by atoms with E-state index < -0.39 is 23.3 Å². The van der Waals surface area contributed by atoms with Gasteiger partial charge in [0.2, 0.25) is 0 Å². The molecule has 0 aliphatic carbocycles. The van der Waals surface area contributed by atoms with Gasteiger partial charge in [-0.25, -0.2) is 13.2 Å². The van der Waals surface area contributed by atoms with Gasteiger partial charge in [0, 0.05) is 67.7 Å². The normalized spacial score (nSPS) is 25.3. The number of phenolic OH excluding ortho intramolecular Hbond substituents is 1. The van der Waals surface area contributed by atoms with Crippen molar-refractivity contribution < 1.29 is 23.0 Å². The van der Waals surface area contributed by atoms with Crippen LogP contribution in [-0.2, 0) is 7.05 Å². The maximum Gasteiger partial charge on any atom is 0.319 e. The van der Waals surface area contributed by atoms with Crippen LogP contribution in [0.4, 0.5) is 19.0 Å². The minimum Gasteiger partial charge on any atom is -0.508 e. The van der Waals surface area contributed by atoms with Crippen LogP contribution in [0.25, 0.3) is 43.7 Å². The Kier molecular flexibility index (Phi) is 7.20. The largest absolute Gasteiger partial charge is 0.508 e. The number of likely N-dealkylation sites (N-methyl/N-ethyl adjacent to an activating group) is 1. The smallest absolute Gasteiger partial charge is 0.319 e. The molecule has 9 nitrogen and oxygen atoms in total. The highest BCUT2D eigenvalue weighted by Crippen LogP contribution is 2.47. The molecule has 4 aliphatic heterocycles. The first-order chi connectivity index (χ1) is 24.2. The third kappa shape index (κ3) is 4.66. The van der Waals surface area contributed by atoms with E-state index in [2.05, 4.69) is 27.5 Å². The van der Waals surface area contributed by atoms with E-state index in [0.29, 0.717) is 40.5 Å². The molecule has 6 heterocycles. The third-order valence-electron chi connectivity index (χ3n) is 11.6. The van der Waals surface area contributed by atoms with Crippen molar-refractivity contribution in [3.05, 3.63) is 47.7 Å². The van der Waals surface area contributed by atoms with Gasteiger partial charge < -0.3 is 14.7 Å². The number of hydrogen-bond acceptors (Lipinski definition) is 8. The molecular formula is C38H38F3N7O2. The highest BCUT2D eigenvalue weighted by atomic mass is 19.1. The maximum absolute atomic E-state index is 17.6. The molecule has 2 bridgehead atoms. The number of terminal acetylenes is 1. The van der Waals surface area contributed by atoms with Crippen molar-refractivity contribution in [3.63, 3.8) is 0 Å². The van der Waals surface area contributed by atoms with Gasteiger partial charge in [0.15, 0.2) is 5.82 Å². The fraction of sp³-hybridized carbons (Fsp3) is 0.447. The molecule has 258 valence electrons. The van der Waals surface area contributed by atoms with E-state index in [1.165, 1.54) is 24.3 Å². The molecule has 0 saturated carbocycles. The Labute approximate surface area is 287 Å². The first kappa shape index (κ1) is 31.4. The summed E-state index contributed by atoms with van der Waals surface area (Å²) < 4.78 is 55.5. The molecule has 4 atom stereocenters. The average Bonchev–Trinajstić information content (AvgIpc) is 3.82. The zero-order chi connectivity index (χ0) is 34.5. The van der Waals surface area contributed by atoms with Crippen LogP contribution in [0.2, 0.25) is 0 Å². The number of alkyl halides is 1. The second-order valence-electron chi connectivity index (χ2n) is 14.5. The van der Waals surface area contributed by atoms with Crippen LogP contribution in [0.5, 0.6) is 11.8 Å². The lowest BCUT2D eigenvalue weighted by molar-refractivity contribution is 0.107. The number of aromatic nitrogens is 4. The number of ether oxygens (including phenoxy) is 1. The molecule has 0 amide bonds. The van der Waals surface area contributed by atoms with Crippen LogP contribution in [0.3, 0.4) is 0 Å². The molecule has 4 fully saturated rings. The maximum atomic E-state index is 17.6. The minimum atomic E-state index is -0.925. The molecule has 4 aliphatic rings. The molecule has 0 spiro atoms. The molecular weight excluding hydrogens is 643 g/mol. The number of rotatable bonds is 6. The highest BCUT2D eigenvalue weighted by molar-refractivity contribution is 6.18. The molecule has 3 aromatic carbocycles. The zero-order valence-corrected chi connectivity index (χ0v) is 28.1. The van der Waals surface area contributed by atoms with Gasteiger partial charge in [0.05, 0.1) is 16.5 Å². The minimum absolute atomic E-state index is 0.0255. The summed E-state index contributed by atoms with van der Waals surface area (Å²) in [6.45, 7) is 6.21. The molecule has 50 heavy (non-hydrogen) atoms. The van der Waals surface area contributed by atoms with Gasteiger partial charge in [-0.3, -0.25) is 14.5 Å². The molecule has 2 aromatic heterocycles. The number of phenols is 1. The second kappa shape index (κ2) is 11.5. The van der Waals surface area contributed by atoms with Crippen LogP contribution in [-0.4, -0.2) is 97.8 Å². The molecule has 0 radical (unpaired) electrons. The summed E-state index contributed by atoms with van der Waals surface area (Å²) in [5, 5.41) is 17.4. The summed E-state index contributed by atoms with van der Waals surface area (Å²) in [5.41, 5.74) is 0.106. The zero-order valence-electron chi connectivity index (χ0n) is 28.1. The number of likely N-dealkylation sites (tertiary alicyclic amines) is 1. The monoisotopic (exact) mass is 681 g/mol. The summed E-state index contributed by atoms with van der Waals surface area (Å²) >= 11 is 0. The van der Waals surface area contributed by atoms with E-state index >= 15 is 8.78 Å². The fourth-order valence-electron chi connectivity index (χ4n) is 9.42. The lowest BCUT2D eigenvalue weighted by Gasteiger charge is -2.42. The van der Waals surface area contributed by atoms with E-state index in [0.717, 1.165) is 51.9 Å². The predicted octanol–water partition coefficient (Wildman–Crippen LogP) is 5.93. The SMILES string of the molecule is C#Cc1c(F)ccc2cc(O)cc(-c3c(F)c4nc(OC[C@@]56CCCN5C[C@H](F)C6)nc(N5[C@@H]6CC[C@H]5CN(CC)C6)c4c4cn(C)nc34)c12. The number of hydrogen-bond donors (Lipinski definition) is 1. The Bertz CT molecular complexity index is 2240. The van der Waals surface area contributed by atoms with E-state index in [1.807, 2.05) is 6.20 Å². The number of piperazine rings is 1. The van der Waals surface area contributed by atoms with Crippen LogP contribution in [0, 0.1) is 24.0 Å². The average molecular weight is 682 g/mol. The summed E-state index contributed by atoms with van der Waals surface area (Å²) in [7, 11) is 1.76. The van der Waals surface area contributed by atoms with Gasteiger partial charge in [-0.15, -0.1) is 6.42 Å². The molecule has 9 rings (SSSR count). The van der Waals surface area contributed by atoms with Crippen LogP contribution < -0.4 is 9.64 Å². The van der Waals surface area contributed by atoms with E-state index in [9.17, 15) is 9.50 Å². The number of fused-ring (bicyclic) bond motifs is 7. The predicted molar refractivity (Wildman–Crippen MR) is 186 cm³/mol. The van der Waals surface area contributed by atoms with Gasteiger partial charge in [-0.2, -0.15) is 15.1 Å². The Morgan fingerprint density at radius 3 is 2.64 bits per heavy atom. The first-order valence-electron chi connectivity index (χ1n) is 17.5. The Balaban J connectivity index is 1.30. The number of anilines is 1. The van der Waals surface area contributed by atoms with E-state index in [1.54, 1.807) is 11.7 Å². The highest BCUT2D eigenvalue weighted by Gasteiger charge is 2.49. The van der Waals surface area contributed by atoms with Crippen molar-refractivity contribution in [1.29, 1.82) is 0 Å². The van der Waals surface area contributed by atoms with Crippen molar-refractivity contribution >= 4 is 38.4 Å². The van der Waals surface area contributed by atoms with Gasteiger partial charge in [-0.05, 0) is 67.9 Å². The number of halogens is 3. The third-order valence-corrected chi connectivity index (χ3v) is 11.6. The summed E-state index contributed by atoms with van der Waals surface area (Å²) in [4.78, 5) is 16.7. The second-order valence-corrected chi connectivity index (χ2v) is 14.5. The number of aromatic hydroxyl groups is 1. The van der Waals surface area contributed by atoms with Crippen LogP contribution in [0.1, 0.15) is 44.6 Å². The molecule has 1 N–H and O–H groups in total. The summed E-state index contributed by atoms with van der Waals surface area (Å²) in [5.74, 6) is 1.56. The van der Waals surface area contributed by atoms with Crippen molar-refractivity contribution in [1.82, 2.24) is 29.5 Å². The number of aryl methyl sites for hydroxylation is 1. The molecule has 0 unspecified atom stereocenters.